The van der Waals surface area contributed by atoms with Gasteiger partial charge >= 0.3 is 0 Å². The molecule has 0 atom stereocenters. The lowest BCUT2D eigenvalue weighted by atomic mass is 10.0. The fourth-order valence-corrected chi connectivity index (χ4v) is 3.42. The number of aromatic hydroxyl groups is 2. The summed E-state index contributed by atoms with van der Waals surface area (Å²) in [6.45, 7) is 1.95. The van der Waals surface area contributed by atoms with Gasteiger partial charge in [0.1, 0.15) is 11.5 Å². The molecule has 7 heteroatoms. The standard InChI is InChI=1S/C24H18BrN3O3/c1-14-2-9-21-19(10-14)20(12-22(27-21)15-3-6-17(25)7-4-15)24(31)28-26-13-16-5-8-18(29)11-23(16)30/h2-13,29-30H,1H3,(H,28,31). The Morgan fingerprint density at radius 3 is 2.55 bits per heavy atom. The first-order chi connectivity index (χ1) is 14.9. The molecular formula is C24H18BrN3O3. The molecular weight excluding hydrogens is 458 g/mol. The molecule has 0 saturated heterocycles. The molecule has 1 amide bonds. The lowest BCUT2D eigenvalue weighted by molar-refractivity contribution is 0.0956. The van der Waals surface area contributed by atoms with Gasteiger partial charge in [0.2, 0.25) is 0 Å². The summed E-state index contributed by atoms with van der Waals surface area (Å²) in [6.07, 6.45) is 1.32. The number of carbonyl (C=O) groups is 1. The molecule has 154 valence electrons. The second kappa shape index (κ2) is 8.57. The van der Waals surface area contributed by atoms with E-state index in [1.165, 1.54) is 24.4 Å². The first-order valence-electron chi connectivity index (χ1n) is 9.43. The Kier molecular flexibility index (Phi) is 5.68. The van der Waals surface area contributed by atoms with Gasteiger partial charge in [0.25, 0.3) is 5.91 Å². The maximum absolute atomic E-state index is 13.0. The number of nitrogens with one attached hydrogen (secondary N) is 1. The maximum Gasteiger partial charge on any atom is 0.272 e. The number of phenolic OH excluding ortho intramolecular Hbond substituents is 2. The van der Waals surface area contributed by atoms with Crippen LogP contribution in [0.5, 0.6) is 11.5 Å². The van der Waals surface area contributed by atoms with Gasteiger partial charge in [-0.1, -0.05) is 39.7 Å². The van der Waals surface area contributed by atoms with Crippen molar-refractivity contribution in [2.45, 2.75) is 6.92 Å². The number of nitrogens with zero attached hydrogens (tertiary/aromatic N) is 2. The van der Waals surface area contributed by atoms with E-state index in [9.17, 15) is 15.0 Å². The summed E-state index contributed by atoms with van der Waals surface area (Å²) in [4.78, 5) is 17.7. The molecule has 0 unspecified atom stereocenters. The van der Waals surface area contributed by atoms with E-state index in [1.807, 2.05) is 49.4 Å². The van der Waals surface area contributed by atoms with Crippen molar-refractivity contribution in [2.24, 2.45) is 5.10 Å². The van der Waals surface area contributed by atoms with Crippen molar-refractivity contribution in [3.63, 3.8) is 0 Å². The minimum absolute atomic E-state index is 0.0576. The molecule has 0 fully saturated rings. The second-order valence-electron chi connectivity index (χ2n) is 7.02. The molecule has 0 aliphatic heterocycles. The number of amides is 1. The molecule has 0 radical (unpaired) electrons. The molecule has 1 aromatic heterocycles. The van der Waals surface area contributed by atoms with E-state index in [0.717, 1.165) is 21.0 Å². The van der Waals surface area contributed by atoms with Crippen molar-refractivity contribution in [1.82, 2.24) is 10.4 Å². The molecule has 0 spiro atoms. The Morgan fingerprint density at radius 1 is 1.03 bits per heavy atom. The van der Waals surface area contributed by atoms with Crippen molar-refractivity contribution >= 4 is 39.0 Å². The number of rotatable bonds is 4. The molecule has 31 heavy (non-hydrogen) atoms. The quantitative estimate of drug-likeness (QED) is 0.281. The minimum Gasteiger partial charge on any atom is -0.508 e. The minimum atomic E-state index is -0.397. The topological polar surface area (TPSA) is 94.8 Å². The Hall–Kier alpha value is -3.71. The fourth-order valence-electron chi connectivity index (χ4n) is 3.16. The maximum atomic E-state index is 13.0. The number of aryl methyl sites for hydroxylation is 1. The SMILES string of the molecule is Cc1ccc2nc(-c3ccc(Br)cc3)cc(C(=O)NN=Cc3ccc(O)cc3O)c2c1. The Bertz CT molecular complexity index is 1320. The Labute approximate surface area is 187 Å². The average molecular weight is 476 g/mol. The van der Waals surface area contributed by atoms with Gasteiger partial charge < -0.3 is 10.2 Å². The van der Waals surface area contributed by atoms with Crippen LogP contribution < -0.4 is 5.43 Å². The largest absolute Gasteiger partial charge is 0.508 e. The number of fused-ring (bicyclic) bond motifs is 1. The lowest BCUT2D eigenvalue weighted by Crippen LogP contribution is -2.18. The normalized spacial score (nSPS) is 11.2. The van der Waals surface area contributed by atoms with Crippen LogP contribution in [0.4, 0.5) is 0 Å². The first-order valence-corrected chi connectivity index (χ1v) is 10.2. The zero-order chi connectivity index (χ0) is 22.0. The predicted molar refractivity (Wildman–Crippen MR) is 124 cm³/mol. The Morgan fingerprint density at radius 2 is 1.81 bits per heavy atom. The number of carbonyl (C=O) groups excluding carboxylic acids is 1. The van der Waals surface area contributed by atoms with Gasteiger partial charge in [-0.2, -0.15) is 5.10 Å². The number of hydrogen-bond acceptors (Lipinski definition) is 5. The third-order valence-corrected chi connectivity index (χ3v) is 5.26. The van der Waals surface area contributed by atoms with Crippen LogP contribution in [0.15, 0.2) is 76.3 Å². The van der Waals surface area contributed by atoms with Crippen LogP contribution in [0.2, 0.25) is 0 Å². The summed E-state index contributed by atoms with van der Waals surface area (Å²) in [5.41, 5.74) is 6.60. The van der Waals surface area contributed by atoms with Crippen molar-refractivity contribution < 1.29 is 15.0 Å². The molecule has 0 saturated carbocycles. The summed E-state index contributed by atoms with van der Waals surface area (Å²) < 4.78 is 0.956. The highest BCUT2D eigenvalue weighted by molar-refractivity contribution is 9.10. The van der Waals surface area contributed by atoms with Crippen LogP contribution >= 0.6 is 15.9 Å². The summed E-state index contributed by atoms with van der Waals surface area (Å²) in [7, 11) is 0. The third-order valence-electron chi connectivity index (χ3n) is 4.73. The van der Waals surface area contributed by atoms with E-state index in [2.05, 4.69) is 26.5 Å². The molecule has 3 aromatic carbocycles. The summed E-state index contributed by atoms with van der Waals surface area (Å²) >= 11 is 3.43. The van der Waals surface area contributed by atoms with Crippen molar-refractivity contribution in [2.75, 3.05) is 0 Å². The highest BCUT2D eigenvalue weighted by Crippen LogP contribution is 2.27. The van der Waals surface area contributed by atoms with Crippen LogP contribution in [0.25, 0.3) is 22.2 Å². The fraction of sp³-hybridized carbons (Fsp3) is 0.0417. The zero-order valence-electron chi connectivity index (χ0n) is 16.5. The van der Waals surface area contributed by atoms with E-state index >= 15 is 0 Å². The van der Waals surface area contributed by atoms with Crippen LogP contribution in [0.3, 0.4) is 0 Å². The molecule has 1 heterocycles. The van der Waals surface area contributed by atoms with Gasteiger partial charge in [-0.05, 0) is 49.4 Å². The highest BCUT2D eigenvalue weighted by atomic mass is 79.9. The van der Waals surface area contributed by atoms with Gasteiger partial charge in [-0.15, -0.1) is 0 Å². The molecule has 0 bridgehead atoms. The van der Waals surface area contributed by atoms with Crippen LogP contribution in [0, 0.1) is 6.92 Å². The lowest BCUT2D eigenvalue weighted by Gasteiger charge is -2.10. The van der Waals surface area contributed by atoms with E-state index < -0.39 is 5.91 Å². The van der Waals surface area contributed by atoms with Crippen LogP contribution in [0.1, 0.15) is 21.5 Å². The van der Waals surface area contributed by atoms with Gasteiger partial charge in [0.05, 0.1) is 23.0 Å². The molecule has 4 aromatic rings. The third kappa shape index (κ3) is 4.57. The number of benzene rings is 3. The number of hydrogen-bond donors (Lipinski definition) is 3. The smallest absolute Gasteiger partial charge is 0.272 e. The zero-order valence-corrected chi connectivity index (χ0v) is 18.1. The molecule has 0 aliphatic rings. The van der Waals surface area contributed by atoms with Crippen molar-refractivity contribution in [1.29, 1.82) is 0 Å². The van der Waals surface area contributed by atoms with Gasteiger partial charge in [-0.25, -0.2) is 10.4 Å². The summed E-state index contributed by atoms with van der Waals surface area (Å²) in [5.74, 6) is -0.593. The second-order valence-corrected chi connectivity index (χ2v) is 7.94. The number of aromatic nitrogens is 1. The predicted octanol–water partition coefficient (Wildman–Crippen LogP) is 5.15. The summed E-state index contributed by atoms with van der Waals surface area (Å²) in [5, 5.41) is 23.9. The van der Waals surface area contributed by atoms with E-state index in [1.54, 1.807) is 6.07 Å². The molecule has 3 N–H and O–H groups in total. The summed E-state index contributed by atoms with van der Waals surface area (Å²) in [6, 6.07) is 19.3. The van der Waals surface area contributed by atoms with Crippen molar-refractivity contribution in [3.8, 4) is 22.8 Å². The van der Waals surface area contributed by atoms with E-state index in [-0.39, 0.29) is 11.5 Å². The number of pyridine rings is 1. The van der Waals surface area contributed by atoms with Crippen LogP contribution in [-0.2, 0) is 0 Å². The molecule has 0 aliphatic carbocycles. The first kappa shape index (κ1) is 20.6. The van der Waals surface area contributed by atoms with Crippen LogP contribution in [-0.4, -0.2) is 27.3 Å². The van der Waals surface area contributed by atoms with Crippen molar-refractivity contribution in [3.05, 3.63) is 87.9 Å². The highest BCUT2D eigenvalue weighted by Gasteiger charge is 2.14. The molecule has 4 rings (SSSR count). The average Bonchev–Trinajstić information content (AvgIpc) is 2.75. The molecule has 6 nitrogen and oxygen atoms in total. The van der Waals surface area contributed by atoms with Gasteiger partial charge in [0, 0.05) is 27.1 Å². The number of hydrazone groups is 1. The van der Waals surface area contributed by atoms with E-state index in [4.69, 9.17) is 4.98 Å². The van der Waals surface area contributed by atoms with Gasteiger partial charge in [-0.3, -0.25) is 4.79 Å². The Balaban J connectivity index is 1.70. The number of phenols is 2. The van der Waals surface area contributed by atoms with Gasteiger partial charge in [0.15, 0.2) is 0 Å². The number of halogens is 1. The monoisotopic (exact) mass is 475 g/mol. The van der Waals surface area contributed by atoms with E-state index in [0.29, 0.717) is 22.3 Å².